The predicted octanol–water partition coefficient (Wildman–Crippen LogP) is 1.67. The molecule has 0 radical (unpaired) electrons. The number of hydrogen-bond donors (Lipinski definition) is 3. The van der Waals surface area contributed by atoms with Crippen molar-refractivity contribution in [3.05, 3.63) is 46.4 Å². The van der Waals surface area contributed by atoms with Gasteiger partial charge >= 0.3 is 0 Å². The van der Waals surface area contributed by atoms with E-state index in [1.165, 1.54) is 12.3 Å². The number of rotatable bonds is 4. The average molecular weight is 302 g/mol. The highest BCUT2D eigenvalue weighted by Crippen LogP contribution is 2.29. The maximum absolute atomic E-state index is 12.3. The van der Waals surface area contributed by atoms with Gasteiger partial charge in [-0.2, -0.15) is 0 Å². The highest BCUT2D eigenvalue weighted by Gasteiger charge is 2.35. The standard InChI is InChI=1S/C16H18N2O4/c19-10-16(7-1-2-8-16)18-15(21)11-5-6-12(17-14(11)20)13-4-3-9-22-13/h3-6,9,19H,1-2,7-8,10H2,(H,17,20)(H,18,21). The van der Waals surface area contributed by atoms with E-state index in [1.54, 1.807) is 18.2 Å². The number of hydrogen-bond acceptors (Lipinski definition) is 4. The van der Waals surface area contributed by atoms with Crippen LogP contribution in [0.5, 0.6) is 0 Å². The Hall–Kier alpha value is -2.34. The molecule has 1 amide bonds. The SMILES string of the molecule is O=C(NC1(CO)CCCC1)c1ccc(-c2ccco2)[nH]c1=O. The van der Waals surface area contributed by atoms with Gasteiger partial charge in [-0.25, -0.2) is 0 Å². The number of furan rings is 1. The van der Waals surface area contributed by atoms with E-state index < -0.39 is 17.0 Å². The van der Waals surface area contributed by atoms with Crippen LogP contribution in [0.1, 0.15) is 36.0 Å². The van der Waals surface area contributed by atoms with Crippen LogP contribution >= 0.6 is 0 Å². The first-order valence-corrected chi connectivity index (χ1v) is 7.34. The molecule has 6 nitrogen and oxygen atoms in total. The molecule has 0 spiro atoms. The first-order valence-electron chi connectivity index (χ1n) is 7.34. The summed E-state index contributed by atoms with van der Waals surface area (Å²) >= 11 is 0. The summed E-state index contributed by atoms with van der Waals surface area (Å²) in [6.07, 6.45) is 4.91. The van der Waals surface area contributed by atoms with Gasteiger partial charge < -0.3 is 19.8 Å². The van der Waals surface area contributed by atoms with E-state index in [9.17, 15) is 14.7 Å². The van der Waals surface area contributed by atoms with Crippen molar-refractivity contribution in [1.82, 2.24) is 10.3 Å². The molecule has 2 aromatic rings. The minimum atomic E-state index is -0.594. The molecular weight excluding hydrogens is 284 g/mol. The lowest BCUT2D eigenvalue weighted by molar-refractivity contribution is 0.0837. The van der Waals surface area contributed by atoms with Crippen LogP contribution in [-0.2, 0) is 0 Å². The minimum absolute atomic E-state index is 0.0371. The number of aliphatic hydroxyl groups is 1. The van der Waals surface area contributed by atoms with E-state index in [0.29, 0.717) is 11.5 Å². The summed E-state index contributed by atoms with van der Waals surface area (Å²) in [5, 5.41) is 12.4. The van der Waals surface area contributed by atoms with E-state index >= 15 is 0 Å². The Morgan fingerprint density at radius 2 is 2.09 bits per heavy atom. The number of carbonyl (C=O) groups excluding carboxylic acids is 1. The highest BCUT2D eigenvalue weighted by atomic mass is 16.3. The molecule has 1 aliphatic rings. The van der Waals surface area contributed by atoms with Crippen molar-refractivity contribution in [1.29, 1.82) is 0 Å². The van der Waals surface area contributed by atoms with Gasteiger partial charge in [0.15, 0.2) is 0 Å². The predicted molar refractivity (Wildman–Crippen MR) is 80.5 cm³/mol. The number of amides is 1. The smallest absolute Gasteiger partial charge is 0.261 e. The van der Waals surface area contributed by atoms with Crippen LogP contribution in [0.2, 0.25) is 0 Å². The van der Waals surface area contributed by atoms with Crippen molar-refractivity contribution >= 4 is 5.91 Å². The molecule has 1 aliphatic carbocycles. The Morgan fingerprint density at radius 1 is 1.32 bits per heavy atom. The molecule has 1 fully saturated rings. The molecule has 0 aromatic carbocycles. The second kappa shape index (κ2) is 5.81. The molecule has 22 heavy (non-hydrogen) atoms. The molecular formula is C16H18N2O4. The van der Waals surface area contributed by atoms with E-state index in [2.05, 4.69) is 10.3 Å². The molecule has 0 atom stereocenters. The third-order valence-corrected chi connectivity index (χ3v) is 4.18. The number of aromatic amines is 1. The summed E-state index contributed by atoms with van der Waals surface area (Å²) in [7, 11) is 0. The van der Waals surface area contributed by atoms with Gasteiger partial charge in [0.2, 0.25) is 0 Å². The van der Waals surface area contributed by atoms with Gasteiger partial charge in [-0.05, 0) is 37.1 Å². The number of pyridine rings is 1. The fourth-order valence-corrected chi connectivity index (χ4v) is 2.91. The number of carbonyl (C=O) groups is 1. The van der Waals surface area contributed by atoms with E-state index in [0.717, 1.165) is 25.7 Å². The third kappa shape index (κ3) is 2.69. The van der Waals surface area contributed by atoms with Crippen LogP contribution in [0, 0.1) is 0 Å². The van der Waals surface area contributed by atoms with Gasteiger partial charge in [0, 0.05) is 0 Å². The fraction of sp³-hybridized carbons (Fsp3) is 0.375. The van der Waals surface area contributed by atoms with Crippen molar-refractivity contribution < 1.29 is 14.3 Å². The molecule has 3 rings (SSSR count). The lowest BCUT2D eigenvalue weighted by Gasteiger charge is -2.27. The van der Waals surface area contributed by atoms with E-state index in [-0.39, 0.29) is 12.2 Å². The first-order chi connectivity index (χ1) is 10.6. The topological polar surface area (TPSA) is 95.3 Å². The van der Waals surface area contributed by atoms with Gasteiger partial charge in [0.1, 0.15) is 11.3 Å². The van der Waals surface area contributed by atoms with Crippen molar-refractivity contribution in [3.8, 4) is 11.5 Å². The molecule has 116 valence electrons. The van der Waals surface area contributed by atoms with Gasteiger partial charge in [0.25, 0.3) is 11.5 Å². The summed E-state index contributed by atoms with van der Waals surface area (Å²) in [6.45, 7) is -0.110. The molecule has 2 heterocycles. The maximum atomic E-state index is 12.3. The van der Waals surface area contributed by atoms with Gasteiger partial charge in [-0.15, -0.1) is 0 Å². The number of aliphatic hydroxyl groups excluding tert-OH is 1. The molecule has 3 N–H and O–H groups in total. The van der Waals surface area contributed by atoms with Crippen LogP contribution in [0.3, 0.4) is 0 Å². The second-order valence-corrected chi connectivity index (χ2v) is 5.69. The summed E-state index contributed by atoms with van der Waals surface area (Å²) in [4.78, 5) is 27.1. The summed E-state index contributed by atoms with van der Waals surface area (Å²) in [5.74, 6) is 0.0786. The third-order valence-electron chi connectivity index (χ3n) is 4.18. The molecule has 6 heteroatoms. The van der Waals surface area contributed by atoms with E-state index in [1.807, 2.05) is 0 Å². The average Bonchev–Trinajstić information content (AvgIpc) is 3.19. The Labute approximate surface area is 127 Å². The zero-order chi connectivity index (χ0) is 15.6. The monoisotopic (exact) mass is 302 g/mol. The molecule has 2 aromatic heterocycles. The zero-order valence-corrected chi connectivity index (χ0v) is 12.1. The van der Waals surface area contributed by atoms with Crippen LogP contribution in [0.25, 0.3) is 11.5 Å². The fourth-order valence-electron chi connectivity index (χ4n) is 2.91. The Bertz CT molecular complexity index is 712. The first kappa shape index (κ1) is 14.6. The quantitative estimate of drug-likeness (QED) is 0.800. The number of H-pyrrole nitrogens is 1. The van der Waals surface area contributed by atoms with Crippen LogP contribution in [-0.4, -0.2) is 28.1 Å². The lowest BCUT2D eigenvalue weighted by atomic mass is 9.98. The van der Waals surface area contributed by atoms with E-state index in [4.69, 9.17) is 4.42 Å². The largest absolute Gasteiger partial charge is 0.463 e. The second-order valence-electron chi connectivity index (χ2n) is 5.69. The van der Waals surface area contributed by atoms with Crippen LogP contribution in [0.4, 0.5) is 0 Å². The zero-order valence-electron chi connectivity index (χ0n) is 12.1. The molecule has 0 aliphatic heterocycles. The lowest BCUT2D eigenvalue weighted by Crippen LogP contribution is -2.50. The summed E-state index contributed by atoms with van der Waals surface area (Å²) in [5.41, 5.74) is -0.514. The summed E-state index contributed by atoms with van der Waals surface area (Å²) in [6, 6.07) is 6.56. The number of aromatic nitrogens is 1. The van der Waals surface area contributed by atoms with Gasteiger partial charge in [-0.3, -0.25) is 9.59 Å². The highest BCUT2D eigenvalue weighted by molar-refractivity contribution is 5.94. The Morgan fingerprint density at radius 3 is 2.68 bits per heavy atom. The van der Waals surface area contributed by atoms with Crippen molar-refractivity contribution in [3.63, 3.8) is 0 Å². The van der Waals surface area contributed by atoms with Crippen LogP contribution in [0.15, 0.2) is 39.7 Å². The normalized spacial score (nSPS) is 16.6. The Kier molecular flexibility index (Phi) is 3.85. The van der Waals surface area contributed by atoms with Crippen molar-refractivity contribution in [2.75, 3.05) is 6.61 Å². The minimum Gasteiger partial charge on any atom is -0.463 e. The van der Waals surface area contributed by atoms with Gasteiger partial charge in [0.05, 0.1) is 24.1 Å². The van der Waals surface area contributed by atoms with Crippen molar-refractivity contribution in [2.45, 2.75) is 31.2 Å². The number of nitrogens with one attached hydrogen (secondary N) is 2. The van der Waals surface area contributed by atoms with Crippen molar-refractivity contribution in [2.24, 2.45) is 0 Å². The molecule has 0 saturated heterocycles. The maximum Gasteiger partial charge on any atom is 0.261 e. The molecule has 0 bridgehead atoms. The molecule has 1 saturated carbocycles. The molecule has 0 unspecified atom stereocenters. The van der Waals surface area contributed by atoms with Crippen LogP contribution < -0.4 is 10.9 Å². The Balaban J connectivity index is 1.83. The van der Waals surface area contributed by atoms with Gasteiger partial charge in [-0.1, -0.05) is 12.8 Å². The summed E-state index contributed by atoms with van der Waals surface area (Å²) < 4.78 is 5.21.